The van der Waals surface area contributed by atoms with Gasteiger partial charge in [-0.15, -0.1) is 0 Å². The van der Waals surface area contributed by atoms with E-state index >= 15 is 0 Å². The average Bonchev–Trinajstić information content (AvgIpc) is 3.49. The Hall–Kier alpha value is -3.46. The lowest BCUT2D eigenvalue weighted by Gasteiger charge is -2.43. The zero-order valence-corrected chi connectivity index (χ0v) is 22.0. The Balaban J connectivity index is 1.52. The molecule has 1 aliphatic carbocycles. The number of allylic oxidation sites excluding steroid dienone is 1. The van der Waals surface area contributed by atoms with E-state index < -0.39 is 0 Å². The molecule has 0 saturated heterocycles. The van der Waals surface area contributed by atoms with E-state index in [0.29, 0.717) is 5.95 Å². The predicted octanol–water partition coefficient (Wildman–Crippen LogP) is 4.12. The second-order valence-corrected chi connectivity index (χ2v) is 10.2. The number of nitrogens with one attached hydrogen (secondary N) is 4. The molecule has 0 fully saturated rings. The van der Waals surface area contributed by atoms with Crippen molar-refractivity contribution in [3.8, 4) is 11.3 Å². The number of hydrogen-bond acceptors (Lipinski definition) is 6. The molecule has 5 rings (SSSR count). The molecule has 4 aromatic rings. The van der Waals surface area contributed by atoms with Gasteiger partial charge < -0.3 is 30.4 Å². The van der Waals surface area contributed by atoms with E-state index in [1.54, 1.807) is 0 Å². The number of rotatable bonds is 8. The fourth-order valence-corrected chi connectivity index (χ4v) is 5.16. The van der Waals surface area contributed by atoms with Crippen molar-refractivity contribution in [2.45, 2.75) is 24.9 Å². The molecule has 8 heteroatoms. The van der Waals surface area contributed by atoms with Crippen LogP contribution >= 0.6 is 0 Å². The number of H-pyrrole nitrogens is 2. The molecule has 0 radical (unpaired) electrons. The molecule has 0 saturated carbocycles. The van der Waals surface area contributed by atoms with Gasteiger partial charge in [-0.05, 0) is 85.5 Å². The first-order valence-electron chi connectivity index (χ1n) is 12.4. The molecule has 3 heterocycles. The number of anilines is 1. The smallest absolute Gasteiger partial charge is 0.229 e. The van der Waals surface area contributed by atoms with Crippen molar-refractivity contribution < 1.29 is 0 Å². The zero-order chi connectivity index (χ0) is 25.4. The molecule has 3 aromatic heterocycles. The summed E-state index contributed by atoms with van der Waals surface area (Å²) >= 11 is 0. The van der Waals surface area contributed by atoms with Gasteiger partial charge in [0.25, 0.3) is 0 Å². The van der Waals surface area contributed by atoms with Crippen molar-refractivity contribution >= 4 is 27.9 Å². The maximum Gasteiger partial charge on any atom is 0.229 e. The lowest BCUT2D eigenvalue weighted by molar-refractivity contribution is 0.197. The molecular weight excluding hydrogens is 448 g/mol. The van der Waals surface area contributed by atoms with E-state index in [-0.39, 0.29) is 11.6 Å². The molecule has 188 valence electrons. The summed E-state index contributed by atoms with van der Waals surface area (Å²) in [6.45, 7) is 3.11. The third-order valence-corrected chi connectivity index (χ3v) is 7.18. The highest BCUT2D eigenvalue weighted by molar-refractivity contribution is 6.02. The van der Waals surface area contributed by atoms with Gasteiger partial charge in [-0.2, -0.15) is 4.98 Å². The zero-order valence-electron chi connectivity index (χ0n) is 22.0. The molecule has 36 heavy (non-hydrogen) atoms. The van der Waals surface area contributed by atoms with E-state index in [4.69, 9.17) is 9.97 Å². The summed E-state index contributed by atoms with van der Waals surface area (Å²) in [4.78, 5) is 20.9. The number of benzene rings is 1. The van der Waals surface area contributed by atoms with Gasteiger partial charge in [0.15, 0.2) is 0 Å². The number of aromatic nitrogens is 4. The fourth-order valence-electron chi connectivity index (χ4n) is 5.16. The largest absolute Gasteiger partial charge is 0.360 e. The van der Waals surface area contributed by atoms with Crippen molar-refractivity contribution in [1.82, 2.24) is 35.1 Å². The molecule has 0 bridgehead atoms. The summed E-state index contributed by atoms with van der Waals surface area (Å²) in [6.07, 6.45) is 11.6. The Morgan fingerprint density at radius 3 is 2.64 bits per heavy atom. The third-order valence-electron chi connectivity index (χ3n) is 7.18. The summed E-state index contributed by atoms with van der Waals surface area (Å²) in [5.41, 5.74) is 5.93. The van der Waals surface area contributed by atoms with Gasteiger partial charge in [-0.3, -0.25) is 0 Å². The molecule has 8 nitrogen and oxygen atoms in total. The first-order valence-corrected chi connectivity index (χ1v) is 12.4. The topological polar surface area (TPSA) is 87.9 Å². The van der Waals surface area contributed by atoms with Crippen LogP contribution in [-0.4, -0.2) is 83.1 Å². The van der Waals surface area contributed by atoms with Gasteiger partial charge in [-0.1, -0.05) is 17.7 Å². The van der Waals surface area contributed by atoms with Gasteiger partial charge in [-0.25, -0.2) is 4.98 Å². The summed E-state index contributed by atoms with van der Waals surface area (Å²) < 4.78 is 0. The number of fused-ring (bicyclic) bond motifs is 2. The lowest BCUT2D eigenvalue weighted by atomic mass is 9.81. The molecule has 0 aliphatic heterocycles. The number of nitrogens with zero attached hydrogens (tertiary/aromatic N) is 4. The quantitative estimate of drug-likeness (QED) is 0.301. The van der Waals surface area contributed by atoms with Crippen LogP contribution in [0.2, 0.25) is 0 Å². The first-order chi connectivity index (χ1) is 17.3. The summed E-state index contributed by atoms with van der Waals surface area (Å²) in [7, 11) is 10.5. The van der Waals surface area contributed by atoms with Crippen LogP contribution in [0.3, 0.4) is 0 Å². The van der Waals surface area contributed by atoms with E-state index in [9.17, 15) is 0 Å². The van der Waals surface area contributed by atoms with E-state index in [0.717, 1.165) is 51.9 Å². The normalized spacial score (nSPS) is 20.1. The molecular formula is C28H36N8. The van der Waals surface area contributed by atoms with Gasteiger partial charge in [0.05, 0.1) is 17.3 Å². The van der Waals surface area contributed by atoms with Crippen LogP contribution < -0.4 is 10.6 Å². The second-order valence-electron chi connectivity index (χ2n) is 10.2. The summed E-state index contributed by atoms with van der Waals surface area (Å²) in [5.74, 6) is 0.570. The number of hydrogen-bond donors (Lipinski definition) is 4. The van der Waals surface area contributed by atoms with E-state index in [2.05, 4.69) is 102 Å². The molecule has 2 atom stereocenters. The van der Waals surface area contributed by atoms with Gasteiger partial charge in [0, 0.05) is 39.9 Å². The van der Waals surface area contributed by atoms with Crippen LogP contribution in [0.15, 0.2) is 60.6 Å². The van der Waals surface area contributed by atoms with Gasteiger partial charge >= 0.3 is 0 Å². The molecule has 0 spiro atoms. The van der Waals surface area contributed by atoms with Crippen LogP contribution in [0.1, 0.15) is 12.0 Å². The predicted molar refractivity (Wildman–Crippen MR) is 149 cm³/mol. The Bertz CT molecular complexity index is 1440. The van der Waals surface area contributed by atoms with Crippen molar-refractivity contribution in [3.63, 3.8) is 0 Å². The van der Waals surface area contributed by atoms with Crippen LogP contribution in [-0.2, 0) is 0 Å². The van der Waals surface area contributed by atoms with Crippen molar-refractivity contribution in [3.05, 3.63) is 66.1 Å². The van der Waals surface area contributed by atoms with Gasteiger partial charge in [0.2, 0.25) is 5.95 Å². The van der Waals surface area contributed by atoms with Crippen LogP contribution in [0.25, 0.3) is 33.2 Å². The van der Waals surface area contributed by atoms with Crippen LogP contribution in [0, 0.1) is 6.92 Å². The number of aromatic amines is 2. The maximum absolute atomic E-state index is 5.00. The Morgan fingerprint density at radius 2 is 1.89 bits per heavy atom. The van der Waals surface area contributed by atoms with Crippen molar-refractivity contribution in [1.29, 1.82) is 0 Å². The molecule has 0 amide bonds. The molecule has 2 unspecified atom stereocenters. The minimum atomic E-state index is -0.156. The summed E-state index contributed by atoms with van der Waals surface area (Å²) in [6, 6.07) is 8.64. The second kappa shape index (κ2) is 9.54. The Labute approximate surface area is 212 Å². The molecule has 1 aliphatic rings. The van der Waals surface area contributed by atoms with E-state index in [1.807, 2.05) is 25.5 Å². The highest BCUT2D eigenvalue weighted by Crippen LogP contribution is 2.34. The van der Waals surface area contributed by atoms with E-state index in [1.165, 1.54) is 5.56 Å². The standard InChI is InChI=1S/C28H36N8/c1-18-7-8-23-21(15-18)22(17-31-23)25-20-10-13-30-26(20)34-27(33-25)32-19-9-11-28(29-2,12-14-35(3)4)24(16-19)36(5)6/h7-11,13,15-17,24,29,31H,12,14H2,1-6H3,(H2,30,32,33,34). The highest BCUT2D eigenvalue weighted by atomic mass is 15.2. The van der Waals surface area contributed by atoms with Crippen LogP contribution in [0.4, 0.5) is 5.95 Å². The number of likely N-dealkylation sites (N-methyl/N-ethyl adjacent to an activating group) is 2. The maximum atomic E-state index is 5.00. The van der Waals surface area contributed by atoms with Gasteiger partial charge in [0.1, 0.15) is 5.65 Å². The monoisotopic (exact) mass is 484 g/mol. The fraction of sp³-hybridized carbons (Fsp3) is 0.357. The Kier molecular flexibility index (Phi) is 6.42. The van der Waals surface area contributed by atoms with Crippen molar-refractivity contribution in [2.75, 3.05) is 47.1 Å². The highest BCUT2D eigenvalue weighted by Gasteiger charge is 2.37. The minimum Gasteiger partial charge on any atom is -0.360 e. The summed E-state index contributed by atoms with van der Waals surface area (Å²) in [5, 5.41) is 9.24. The number of aryl methyl sites for hydroxylation is 1. The SMILES string of the molecule is CNC1(CCN(C)C)C=CC(Nc2nc(-c3c[nH]c4ccc(C)cc34)c3cc[nH]c3n2)=CC1N(C)C. The minimum absolute atomic E-state index is 0.156. The first kappa shape index (κ1) is 24.2. The Morgan fingerprint density at radius 1 is 1.06 bits per heavy atom. The molecule has 4 N–H and O–H groups in total. The van der Waals surface area contributed by atoms with Crippen LogP contribution in [0.5, 0.6) is 0 Å². The van der Waals surface area contributed by atoms with Crippen molar-refractivity contribution in [2.24, 2.45) is 0 Å². The lowest BCUT2D eigenvalue weighted by Crippen LogP contribution is -2.58. The average molecular weight is 485 g/mol. The molecule has 1 aromatic carbocycles. The third kappa shape index (κ3) is 4.43.